The molecule has 0 unspecified atom stereocenters. The van der Waals surface area contributed by atoms with E-state index in [-0.39, 0.29) is 6.04 Å². The zero-order valence-corrected chi connectivity index (χ0v) is 19.8. The molecule has 2 aromatic rings. The van der Waals surface area contributed by atoms with Crippen LogP contribution < -0.4 is 14.3 Å². The van der Waals surface area contributed by atoms with Gasteiger partial charge in [-0.2, -0.15) is 8.42 Å². The predicted molar refractivity (Wildman–Crippen MR) is 125 cm³/mol. The largest absolute Gasteiger partial charge is 0.381 e. The molecule has 5 rings (SSSR count). The van der Waals surface area contributed by atoms with E-state index in [1.165, 1.54) is 26.8 Å². The Bertz CT molecular complexity index is 1110. The summed E-state index contributed by atoms with van der Waals surface area (Å²) in [6.45, 7) is 2.79. The molecule has 3 aliphatic rings. The fourth-order valence-electron chi connectivity index (χ4n) is 5.09. The number of anilines is 2. The van der Waals surface area contributed by atoms with Gasteiger partial charge in [0.25, 0.3) is 0 Å². The second-order valence-electron chi connectivity index (χ2n) is 8.71. The molecule has 1 fully saturated rings. The van der Waals surface area contributed by atoms with Gasteiger partial charge in [0.05, 0.1) is 11.7 Å². The van der Waals surface area contributed by atoms with Crippen molar-refractivity contribution >= 4 is 38.4 Å². The van der Waals surface area contributed by atoms with Crippen LogP contribution in [-0.4, -0.2) is 38.7 Å². The molecule has 0 bridgehead atoms. The van der Waals surface area contributed by atoms with Crippen LogP contribution in [0.15, 0.2) is 11.4 Å². The summed E-state index contributed by atoms with van der Waals surface area (Å²) in [4.78, 5) is 17.4. The summed E-state index contributed by atoms with van der Waals surface area (Å²) >= 11 is 1.26. The average Bonchev–Trinajstić information content (AvgIpc) is 3.49. The molecule has 32 heavy (non-hydrogen) atoms. The Balaban J connectivity index is 1.41. The van der Waals surface area contributed by atoms with Crippen LogP contribution in [0.2, 0.25) is 0 Å². The topological polar surface area (TPSA) is 101 Å². The van der Waals surface area contributed by atoms with Crippen molar-refractivity contribution in [1.82, 2.24) is 9.71 Å². The van der Waals surface area contributed by atoms with E-state index in [0.717, 1.165) is 61.0 Å². The number of ether oxygens (including phenoxy) is 1. The van der Waals surface area contributed by atoms with Crippen LogP contribution in [0.3, 0.4) is 0 Å². The molecule has 10 heteroatoms. The fourth-order valence-corrected chi connectivity index (χ4v) is 7.53. The number of carbonyl (C=O) groups is 1. The van der Waals surface area contributed by atoms with Crippen molar-refractivity contribution in [3.8, 4) is 0 Å². The van der Waals surface area contributed by atoms with E-state index < -0.39 is 16.2 Å². The fraction of sp³-hybridized carbons (Fsp3) is 0.545. The third-order valence-corrected chi connectivity index (χ3v) is 9.02. The predicted octanol–water partition coefficient (Wildman–Crippen LogP) is 3.48. The first-order valence-corrected chi connectivity index (χ1v) is 13.5. The lowest BCUT2D eigenvalue weighted by Gasteiger charge is -2.32. The Hall–Kier alpha value is -2.17. The number of nitrogens with one attached hydrogen (secondary N) is 2. The summed E-state index contributed by atoms with van der Waals surface area (Å²) in [5, 5.41) is 5.10. The zero-order chi connectivity index (χ0) is 22.3. The quantitative estimate of drug-likeness (QED) is 0.688. The maximum Gasteiger partial charge on any atom is 0.334 e. The number of hydrogen-bond donors (Lipinski definition) is 2. The minimum atomic E-state index is -4.15. The molecule has 172 valence electrons. The van der Waals surface area contributed by atoms with Gasteiger partial charge in [-0.05, 0) is 80.5 Å². The zero-order valence-electron chi connectivity index (χ0n) is 18.1. The van der Waals surface area contributed by atoms with Crippen molar-refractivity contribution in [2.75, 3.05) is 22.8 Å². The van der Waals surface area contributed by atoms with Gasteiger partial charge in [0, 0.05) is 24.3 Å². The second kappa shape index (κ2) is 8.64. The molecular weight excluding hydrogens is 448 g/mol. The van der Waals surface area contributed by atoms with Crippen molar-refractivity contribution in [3.63, 3.8) is 0 Å². The highest BCUT2D eigenvalue weighted by molar-refractivity contribution is 7.91. The SMILES string of the molecule is Cc1csc(N(C2CCOCC2)S(=O)(=O)NC(=O)Nc2c3c(cc4c2CCC4)CCC3)n1. The van der Waals surface area contributed by atoms with Gasteiger partial charge in [0.15, 0.2) is 0 Å². The van der Waals surface area contributed by atoms with Crippen LogP contribution in [-0.2, 0) is 40.6 Å². The van der Waals surface area contributed by atoms with Crippen LogP contribution in [0.4, 0.5) is 15.6 Å². The summed E-state index contributed by atoms with van der Waals surface area (Å²) in [5.74, 6) is 0. The highest BCUT2D eigenvalue weighted by Gasteiger charge is 2.35. The van der Waals surface area contributed by atoms with Gasteiger partial charge in [-0.25, -0.2) is 18.8 Å². The van der Waals surface area contributed by atoms with Gasteiger partial charge in [-0.1, -0.05) is 6.07 Å². The first-order chi connectivity index (χ1) is 15.4. The molecule has 0 atom stereocenters. The number of urea groups is 1. The molecule has 1 aliphatic heterocycles. The number of carbonyl (C=O) groups excluding carboxylic acids is 1. The monoisotopic (exact) mass is 476 g/mol. The van der Waals surface area contributed by atoms with Crippen LogP contribution in [0.1, 0.15) is 53.6 Å². The number of thiazole rings is 1. The first-order valence-electron chi connectivity index (χ1n) is 11.2. The minimum absolute atomic E-state index is 0.301. The third kappa shape index (κ3) is 4.11. The van der Waals surface area contributed by atoms with Crippen molar-refractivity contribution in [3.05, 3.63) is 39.4 Å². The number of hydrogen-bond acceptors (Lipinski definition) is 6. The van der Waals surface area contributed by atoms with E-state index in [4.69, 9.17) is 4.74 Å². The summed E-state index contributed by atoms with van der Waals surface area (Å²) in [6.07, 6.45) is 7.09. The summed E-state index contributed by atoms with van der Waals surface area (Å²) in [5.41, 5.74) is 6.46. The van der Waals surface area contributed by atoms with Crippen LogP contribution >= 0.6 is 11.3 Å². The van der Waals surface area contributed by atoms with Crippen LogP contribution in [0.5, 0.6) is 0 Å². The molecule has 0 saturated carbocycles. The number of aryl methyl sites for hydroxylation is 3. The van der Waals surface area contributed by atoms with Gasteiger partial charge in [0.1, 0.15) is 0 Å². The number of nitrogens with zero attached hydrogens (tertiary/aromatic N) is 2. The van der Waals surface area contributed by atoms with Gasteiger partial charge in [-0.15, -0.1) is 11.3 Å². The Morgan fingerprint density at radius 2 is 1.78 bits per heavy atom. The Morgan fingerprint density at radius 1 is 1.12 bits per heavy atom. The van der Waals surface area contributed by atoms with Crippen molar-refractivity contribution < 1.29 is 17.9 Å². The molecule has 0 radical (unpaired) electrons. The van der Waals surface area contributed by atoms with Gasteiger partial charge >= 0.3 is 16.2 Å². The molecule has 1 saturated heterocycles. The van der Waals surface area contributed by atoms with E-state index in [1.54, 1.807) is 0 Å². The summed E-state index contributed by atoms with van der Waals surface area (Å²) in [6, 6.07) is 1.26. The van der Waals surface area contributed by atoms with E-state index in [2.05, 4.69) is 21.1 Å². The first kappa shape index (κ1) is 21.7. The molecule has 2 aliphatic carbocycles. The van der Waals surface area contributed by atoms with E-state index in [9.17, 15) is 13.2 Å². The minimum Gasteiger partial charge on any atom is -0.381 e. The maximum absolute atomic E-state index is 13.4. The number of amides is 2. The van der Waals surface area contributed by atoms with Gasteiger partial charge < -0.3 is 10.1 Å². The molecule has 1 aromatic heterocycles. The number of rotatable bonds is 5. The Labute approximate surface area is 192 Å². The highest BCUT2D eigenvalue weighted by atomic mass is 32.2. The van der Waals surface area contributed by atoms with Crippen molar-refractivity contribution in [1.29, 1.82) is 0 Å². The molecule has 8 nitrogen and oxygen atoms in total. The second-order valence-corrected chi connectivity index (χ2v) is 11.1. The number of fused-ring (bicyclic) bond motifs is 2. The van der Waals surface area contributed by atoms with E-state index in [1.807, 2.05) is 12.3 Å². The molecule has 0 spiro atoms. The maximum atomic E-state index is 13.4. The smallest absolute Gasteiger partial charge is 0.334 e. The average molecular weight is 477 g/mol. The van der Waals surface area contributed by atoms with Crippen molar-refractivity contribution in [2.45, 2.75) is 64.3 Å². The lowest BCUT2D eigenvalue weighted by molar-refractivity contribution is 0.0875. The molecule has 2 N–H and O–H groups in total. The molecule has 2 heterocycles. The molecule has 2 amide bonds. The normalized spacial score (nSPS) is 18.3. The van der Waals surface area contributed by atoms with Crippen LogP contribution in [0.25, 0.3) is 0 Å². The summed E-state index contributed by atoms with van der Waals surface area (Å²) < 4.78 is 35.7. The molecule has 1 aromatic carbocycles. The Kier molecular flexibility index (Phi) is 5.85. The lowest BCUT2D eigenvalue weighted by atomic mass is 9.99. The van der Waals surface area contributed by atoms with Gasteiger partial charge in [0.2, 0.25) is 5.13 Å². The number of aromatic nitrogens is 1. The number of benzene rings is 1. The van der Waals surface area contributed by atoms with Crippen LogP contribution in [0, 0.1) is 6.92 Å². The van der Waals surface area contributed by atoms with Gasteiger partial charge in [-0.3, -0.25) is 0 Å². The van der Waals surface area contributed by atoms with E-state index in [0.29, 0.717) is 31.2 Å². The summed E-state index contributed by atoms with van der Waals surface area (Å²) in [7, 11) is -4.15. The highest BCUT2D eigenvalue weighted by Crippen LogP contribution is 2.38. The van der Waals surface area contributed by atoms with E-state index >= 15 is 0 Å². The Morgan fingerprint density at radius 3 is 2.38 bits per heavy atom. The lowest BCUT2D eigenvalue weighted by Crippen LogP contribution is -2.51. The molecular formula is C22H28N4O4S2. The standard InChI is InChI=1S/C22H28N4O4S2/c1-14-13-31-22(23-14)26(17-8-10-30-11-9-17)32(28,29)25-21(27)24-20-18-6-2-4-15(18)12-16-5-3-7-19(16)20/h12-13,17H,2-11H2,1H3,(H2,24,25,27). The third-order valence-electron chi connectivity index (χ3n) is 6.51. The van der Waals surface area contributed by atoms with Crippen molar-refractivity contribution in [2.24, 2.45) is 0 Å².